The molecular weight excluding hydrogens is 585 g/mol. The fourth-order valence-electron chi connectivity index (χ4n) is 5.67. The minimum atomic E-state index is -5.08. The number of fused-ring (bicyclic) bond motifs is 2. The summed E-state index contributed by atoms with van der Waals surface area (Å²) in [5.74, 6) is -1.25. The van der Waals surface area contributed by atoms with Gasteiger partial charge in [0.15, 0.2) is 16.6 Å². The van der Waals surface area contributed by atoms with Crippen LogP contribution in [0, 0.1) is 0 Å². The standard InChI is InChI=1S/C25H29ClN4O3S.C2HF3O2/c1-30-11-10-25(15-4-7-19(32-2)20(12-15)33-3)9-8-17(14-22(25)30)27-23(31)29-24-28-18-6-5-16(26)13-21(18)34-24;3-2(4,5)1(6)7/h4-7,12-13,17,22H,8-11,14H2,1-3H3,(H2,27,28,29,31);(H,6,7)/t17-,22+,25+;/m1./s1. The monoisotopic (exact) mass is 614 g/mol. The zero-order valence-electron chi connectivity index (χ0n) is 22.5. The van der Waals surface area contributed by atoms with Gasteiger partial charge in [0.05, 0.1) is 24.4 Å². The number of benzene rings is 2. The molecule has 2 aromatic carbocycles. The molecule has 5 rings (SSSR count). The molecule has 2 heterocycles. The summed E-state index contributed by atoms with van der Waals surface area (Å²) in [6, 6.07) is 12.1. The molecule has 0 bridgehead atoms. The topological polar surface area (TPSA) is 113 Å². The van der Waals surface area contributed by atoms with Crippen molar-refractivity contribution in [2.45, 2.75) is 49.4 Å². The molecule has 14 heteroatoms. The molecule has 1 saturated carbocycles. The molecule has 3 aromatic rings. The number of carbonyl (C=O) groups excluding carboxylic acids is 1. The average molecular weight is 615 g/mol. The van der Waals surface area contributed by atoms with E-state index in [1.54, 1.807) is 20.3 Å². The Morgan fingerprint density at radius 1 is 1.15 bits per heavy atom. The Labute approximate surface area is 243 Å². The number of urea groups is 1. The summed E-state index contributed by atoms with van der Waals surface area (Å²) in [7, 11) is 5.52. The molecule has 41 heavy (non-hydrogen) atoms. The quantitative estimate of drug-likeness (QED) is 0.327. The van der Waals surface area contributed by atoms with Gasteiger partial charge in [-0.05, 0) is 75.2 Å². The number of aromatic nitrogens is 1. The van der Waals surface area contributed by atoms with Gasteiger partial charge in [0.25, 0.3) is 0 Å². The molecule has 1 aliphatic carbocycles. The van der Waals surface area contributed by atoms with Crippen molar-refractivity contribution in [3.05, 3.63) is 47.0 Å². The number of thiazole rings is 1. The molecule has 222 valence electrons. The molecule has 1 aromatic heterocycles. The van der Waals surface area contributed by atoms with E-state index in [9.17, 15) is 18.0 Å². The van der Waals surface area contributed by atoms with Crippen LogP contribution >= 0.6 is 22.9 Å². The van der Waals surface area contributed by atoms with E-state index in [0.717, 1.165) is 53.9 Å². The van der Waals surface area contributed by atoms with Gasteiger partial charge in [-0.3, -0.25) is 5.32 Å². The van der Waals surface area contributed by atoms with Crippen molar-refractivity contribution in [1.29, 1.82) is 0 Å². The number of amides is 2. The van der Waals surface area contributed by atoms with Crippen molar-refractivity contribution < 1.29 is 37.3 Å². The van der Waals surface area contributed by atoms with Crippen LogP contribution in [0.1, 0.15) is 31.2 Å². The highest BCUT2D eigenvalue weighted by Crippen LogP contribution is 2.50. The maximum atomic E-state index is 12.8. The van der Waals surface area contributed by atoms with Gasteiger partial charge in [-0.15, -0.1) is 0 Å². The lowest BCUT2D eigenvalue weighted by Gasteiger charge is -2.45. The molecule has 3 N–H and O–H groups in total. The number of carboxylic acids is 1. The fraction of sp³-hybridized carbons (Fsp3) is 0.444. The van der Waals surface area contributed by atoms with Gasteiger partial charge in [0, 0.05) is 22.5 Å². The number of methoxy groups -OCH3 is 2. The van der Waals surface area contributed by atoms with Gasteiger partial charge >= 0.3 is 18.2 Å². The summed E-state index contributed by atoms with van der Waals surface area (Å²) in [6.45, 7) is 1.03. The van der Waals surface area contributed by atoms with Crippen molar-refractivity contribution in [2.24, 2.45) is 0 Å². The third-order valence-electron chi connectivity index (χ3n) is 7.63. The van der Waals surface area contributed by atoms with Crippen LogP contribution in [0.25, 0.3) is 10.2 Å². The van der Waals surface area contributed by atoms with Crippen molar-refractivity contribution in [3.63, 3.8) is 0 Å². The highest BCUT2D eigenvalue weighted by molar-refractivity contribution is 7.22. The number of hydrogen-bond donors (Lipinski definition) is 3. The Morgan fingerprint density at radius 2 is 1.85 bits per heavy atom. The molecule has 0 radical (unpaired) electrons. The minimum Gasteiger partial charge on any atom is -0.493 e. The summed E-state index contributed by atoms with van der Waals surface area (Å²) in [6.07, 6.45) is -1.17. The lowest BCUT2D eigenvalue weighted by Crippen LogP contribution is -2.52. The molecule has 2 amide bonds. The van der Waals surface area contributed by atoms with Crippen molar-refractivity contribution in [2.75, 3.05) is 33.1 Å². The second-order valence-electron chi connectivity index (χ2n) is 9.98. The van der Waals surface area contributed by atoms with Gasteiger partial charge in [0.2, 0.25) is 0 Å². The molecular formula is C27H30ClF3N4O5S. The lowest BCUT2D eigenvalue weighted by molar-refractivity contribution is -0.192. The van der Waals surface area contributed by atoms with Crippen LogP contribution < -0.4 is 20.1 Å². The minimum absolute atomic E-state index is 0.0509. The molecule has 2 fully saturated rings. The van der Waals surface area contributed by atoms with E-state index in [1.807, 2.05) is 18.2 Å². The van der Waals surface area contributed by atoms with E-state index < -0.39 is 12.1 Å². The van der Waals surface area contributed by atoms with E-state index in [2.05, 4.69) is 39.7 Å². The number of carboxylic acid groups (broad SMARTS) is 1. The van der Waals surface area contributed by atoms with Crippen LogP contribution in [-0.4, -0.2) is 73.1 Å². The average Bonchev–Trinajstić information content (AvgIpc) is 3.48. The number of nitrogens with one attached hydrogen (secondary N) is 2. The Hall–Kier alpha value is -3.29. The van der Waals surface area contributed by atoms with Crippen LogP contribution in [0.4, 0.5) is 23.1 Å². The van der Waals surface area contributed by atoms with Gasteiger partial charge in [0.1, 0.15) is 0 Å². The van der Waals surface area contributed by atoms with Crippen LogP contribution in [-0.2, 0) is 10.2 Å². The number of halogens is 4. The summed E-state index contributed by atoms with van der Waals surface area (Å²) >= 11 is 7.49. The Kier molecular flexibility index (Phi) is 9.19. The highest BCUT2D eigenvalue weighted by atomic mass is 35.5. The maximum Gasteiger partial charge on any atom is 0.490 e. The third kappa shape index (κ3) is 6.79. The van der Waals surface area contributed by atoms with Crippen LogP contribution in [0.15, 0.2) is 36.4 Å². The number of likely N-dealkylation sites (tertiary alicyclic amines) is 1. The summed E-state index contributed by atoms with van der Waals surface area (Å²) in [5, 5.41) is 14.5. The Bertz CT molecular complexity index is 1420. The number of aliphatic carboxylic acids is 1. The molecule has 2 aliphatic rings. The van der Waals surface area contributed by atoms with Crippen molar-refractivity contribution >= 4 is 50.3 Å². The molecule has 0 spiro atoms. The summed E-state index contributed by atoms with van der Waals surface area (Å²) in [5.41, 5.74) is 2.17. The molecule has 3 atom stereocenters. The van der Waals surface area contributed by atoms with E-state index in [0.29, 0.717) is 16.2 Å². The predicted octanol–water partition coefficient (Wildman–Crippen LogP) is 5.92. The number of ether oxygens (including phenoxy) is 2. The summed E-state index contributed by atoms with van der Waals surface area (Å²) in [4.78, 5) is 28.6. The van der Waals surface area contributed by atoms with Crippen LogP contribution in [0.3, 0.4) is 0 Å². The van der Waals surface area contributed by atoms with Crippen molar-refractivity contribution in [3.8, 4) is 11.5 Å². The smallest absolute Gasteiger partial charge is 0.490 e. The number of carbonyl (C=O) groups is 2. The molecule has 9 nitrogen and oxygen atoms in total. The predicted molar refractivity (Wildman–Crippen MR) is 150 cm³/mol. The second-order valence-corrected chi connectivity index (χ2v) is 11.4. The van der Waals surface area contributed by atoms with Crippen molar-refractivity contribution in [1.82, 2.24) is 15.2 Å². The van der Waals surface area contributed by atoms with E-state index in [4.69, 9.17) is 31.0 Å². The van der Waals surface area contributed by atoms with Gasteiger partial charge in [-0.25, -0.2) is 14.6 Å². The number of anilines is 1. The zero-order valence-corrected chi connectivity index (χ0v) is 24.1. The summed E-state index contributed by atoms with van der Waals surface area (Å²) < 4.78 is 43.7. The number of hydrogen-bond acceptors (Lipinski definition) is 7. The first-order valence-electron chi connectivity index (χ1n) is 12.7. The normalized spacial score (nSPS) is 22.3. The number of rotatable bonds is 5. The number of nitrogens with zero attached hydrogens (tertiary/aromatic N) is 2. The first-order chi connectivity index (χ1) is 19.4. The van der Waals surface area contributed by atoms with E-state index in [-0.39, 0.29) is 17.5 Å². The molecule has 0 unspecified atom stereocenters. The van der Waals surface area contributed by atoms with Gasteiger partial charge in [-0.1, -0.05) is 29.0 Å². The first kappa shape index (κ1) is 30.7. The van der Waals surface area contributed by atoms with Gasteiger partial charge < -0.3 is 24.8 Å². The first-order valence-corrected chi connectivity index (χ1v) is 13.9. The van der Waals surface area contributed by atoms with Crippen LogP contribution in [0.2, 0.25) is 5.02 Å². The molecule has 1 saturated heterocycles. The lowest BCUT2D eigenvalue weighted by atomic mass is 9.65. The maximum absolute atomic E-state index is 12.8. The Morgan fingerprint density at radius 3 is 2.51 bits per heavy atom. The highest BCUT2D eigenvalue weighted by Gasteiger charge is 2.50. The van der Waals surface area contributed by atoms with E-state index in [1.165, 1.54) is 16.9 Å². The van der Waals surface area contributed by atoms with Gasteiger partial charge in [-0.2, -0.15) is 13.2 Å². The number of likely N-dealkylation sites (N-methyl/N-ethyl adjacent to an activating group) is 1. The third-order valence-corrected chi connectivity index (χ3v) is 8.80. The molecule has 1 aliphatic heterocycles. The largest absolute Gasteiger partial charge is 0.493 e. The number of alkyl halides is 3. The second kappa shape index (κ2) is 12.3. The SMILES string of the molecule is COc1ccc([C@@]23CC[C@@H](NC(=O)Nc4nc5ccc(Cl)cc5s4)C[C@@H]2N(C)CC3)cc1OC.O=C(O)C(F)(F)F. The zero-order chi connectivity index (χ0) is 29.9. The fourth-order valence-corrected chi connectivity index (χ4v) is 6.80. The Balaban J connectivity index is 0.000000493. The van der Waals surface area contributed by atoms with Crippen LogP contribution in [0.5, 0.6) is 11.5 Å². The van der Waals surface area contributed by atoms with E-state index >= 15 is 0 Å².